The van der Waals surface area contributed by atoms with Crippen molar-refractivity contribution in [2.75, 3.05) is 13.7 Å². The van der Waals surface area contributed by atoms with Crippen LogP contribution in [0.2, 0.25) is 0 Å². The Balaban J connectivity index is 2.53. The second-order valence-electron chi connectivity index (χ2n) is 8.25. The highest BCUT2D eigenvalue weighted by molar-refractivity contribution is 5.82. The average molecular weight is 349 g/mol. The average Bonchev–Trinajstić information content (AvgIpc) is 2.94. The van der Waals surface area contributed by atoms with Crippen molar-refractivity contribution in [3.8, 4) is 0 Å². The van der Waals surface area contributed by atoms with Crippen LogP contribution in [0.1, 0.15) is 40.2 Å². The number of nitrogens with zero attached hydrogens (tertiary/aromatic N) is 1. The minimum absolute atomic E-state index is 0.111. The molecule has 1 saturated heterocycles. The van der Waals surface area contributed by atoms with Gasteiger partial charge in [-0.25, -0.2) is 4.79 Å². The van der Waals surface area contributed by atoms with Gasteiger partial charge in [-0.15, -0.1) is 0 Å². The lowest BCUT2D eigenvalue weighted by atomic mass is 9.83. The normalized spacial score (nSPS) is 26.0. The second-order valence-corrected chi connectivity index (χ2v) is 8.25. The molecule has 0 unspecified atom stereocenters. The highest BCUT2D eigenvalue weighted by Crippen LogP contribution is 2.42. The van der Waals surface area contributed by atoms with E-state index in [1.54, 1.807) is 0 Å². The summed E-state index contributed by atoms with van der Waals surface area (Å²) in [7, 11) is 1.36. The third kappa shape index (κ3) is 3.73. The molecule has 2 rings (SSSR count). The molecule has 0 bridgehead atoms. The summed E-state index contributed by atoms with van der Waals surface area (Å²) in [6.45, 7) is 10.6. The molecule has 5 heteroatoms. The van der Waals surface area contributed by atoms with Crippen LogP contribution in [0.25, 0.3) is 0 Å². The lowest BCUT2D eigenvalue weighted by Gasteiger charge is -2.43. The molecule has 0 aromatic heterocycles. The van der Waals surface area contributed by atoms with Crippen molar-refractivity contribution in [2.24, 2.45) is 11.3 Å². The van der Waals surface area contributed by atoms with Gasteiger partial charge in [0.2, 0.25) is 0 Å². The van der Waals surface area contributed by atoms with Crippen LogP contribution >= 0.6 is 0 Å². The van der Waals surface area contributed by atoms with E-state index in [9.17, 15) is 9.90 Å². The summed E-state index contributed by atoms with van der Waals surface area (Å²) in [5.74, 6) is -0.559. The van der Waals surface area contributed by atoms with Crippen molar-refractivity contribution in [3.05, 3.63) is 35.9 Å². The SMILES string of the molecule is COC(=O)[C@@]1([C@@H](O)C(C)C)CO[C@H](C(C)(C)C)N1Cc1ccccc1. The Morgan fingerprint density at radius 3 is 2.44 bits per heavy atom. The monoisotopic (exact) mass is 349 g/mol. The van der Waals surface area contributed by atoms with Crippen LogP contribution < -0.4 is 0 Å². The molecular weight excluding hydrogens is 318 g/mol. The Morgan fingerprint density at radius 1 is 1.36 bits per heavy atom. The topological polar surface area (TPSA) is 59.0 Å². The maximum Gasteiger partial charge on any atom is 0.331 e. The van der Waals surface area contributed by atoms with Crippen molar-refractivity contribution >= 4 is 5.97 Å². The van der Waals surface area contributed by atoms with E-state index < -0.39 is 17.6 Å². The number of ether oxygens (including phenoxy) is 2. The molecule has 1 aromatic rings. The number of esters is 1. The molecule has 5 nitrogen and oxygen atoms in total. The quantitative estimate of drug-likeness (QED) is 0.829. The number of aliphatic hydroxyl groups is 1. The lowest BCUT2D eigenvalue weighted by molar-refractivity contribution is -0.167. The van der Waals surface area contributed by atoms with Gasteiger partial charge in [-0.2, -0.15) is 0 Å². The summed E-state index contributed by atoms with van der Waals surface area (Å²) < 4.78 is 11.2. The van der Waals surface area contributed by atoms with Gasteiger partial charge in [-0.05, 0) is 11.5 Å². The minimum atomic E-state index is -1.21. The fourth-order valence-corrected chi connectivity index (χ4v) is 3.59. The zero-order valence-corrected chi connectivity index (χ0v) is 16.2. The predicted molar refractivity (Wildman–Crippen MR) is 96.8 cm³/mol. The van der Waals surface area contributed by atoms with Gasteiger partial charge in [0.1, 0.15) is 6.23 Å². The van der Waals surface area contributed by atoms with Crippen molar-refractivity contribution in [1.82, 2.24) is 4.90 Å². The van der Waals surface area contributed by atoms with Gasteiger partial charge >= 0.3 is 5.97 Å². The van der Waals surface area contributed by atoms with Gasteiger partial charge in [-0.3, -0.25) is 4.90 Å². The zero-order valence-electron chi connectivity index (χ0n) is 16.2. The number of benzene rings is 1. The maximum atomic E-state index is 12.9. The van der Waals surface area contributed by atoms with Gasteiger partial charge in [0.15, 0.2) is 5.54 Å². The molecular formula is C20H31NO4. The molecule has 25 heavy (non-hydrogen) atoms. The Labute approximate surface area is 150 Å². The summed E-state index contributed by atoms with van der Waals surface area (Å²) >= 11 is 0. The van der Waals surface area contributed by atoms with E-state index in [1.165, 1.54) is 7.11 Å². The number of rotatable bonds is 5. The molecule has 0 spiro atoms. The summed E-state index contributed by atoms with van der Waals surface area (Å²) in [6.07, 6.45) is -1.20. The predicted octanol–water partition coefficient (Wildman–Crippen LogP) is 2.82. The van der Waals surface area contributed by atoms with E-state index in [2.05, 4.69) is 20.8 Å². The van der Waals surface area contributed by atoms with E-state index in [-0.39, 0.29) is 24.2 Å². The van der Waals surface area contributed by atoms with E-state index in [4.69, 9.17) is 9.47 Å². The Kier molecular flexibility index (Phi) is 5.92. The maximum absolute atomic E-state index is 12.9. The van der Waals surface area contributed by atoms with Crippen LogP contribution in [-0.2, 0) is 20.8 Å². The second kappa shape index (κ2) is 7.44. The van der Waals surface area contributed by atoms with Crippen LogP contribution in [-0.4, -0.2) is 47.6 Å². The van der Waals surface area contributed by atoms with Crippen molar-refractivity contribution in [1.29, 1.82) is 0 Å². The number of methoxy groups -OCH3 is 1. The first-order valence-corrected chi connectivity index (χ1v) is 8.83. The summed E-state index contributed by atoms with van der Waals surface area (Å²) in [5.41, 5.74) is -0.371. The van der Waals surface area contributed by atoms with Gasteiger partial charge in [0, 0.05) is 12.0 Å². The Morgan fingerprint density at radius 2 is 1.96 bits per heavy atom. The summed E-state index contributed by atoms with van der Waals surface area (Å²) in [4.78, 5) is 14.8. The first-order valence-electron chi connectivity index (χ1n) is 8.83. The van der Waals surface area contributed by atoms with Gasteiger partial charge in [-0.1, -0.05) is 65.0 Å². The first-order chi connectivity index (χ1) is 11.6. The molecule has 0 aliphatic carbocycles. The number of carbonyl (C=O) groups excluding carboxylic acids is 1. The van der Waals surface area contributed by atoms with Gasteiger partial charge in [0.25, 0.3) is 0 Å². The number of aliphatic hydroxyl groups excluding tert-OH is 1. The molecule has 1 N–H and O–H groups in total. The molecule has 0 amide bonds. The van der Waals surface area contributed by atoms with Gasteiger partial charge < -0.3 is 14.6 Å². The summed E-state index contributed by atoms with van der Waals surface area (Å²) in [5, 5.41) is 11.0. The molecule has 1 fully saturated rings. The van der Waals surface area contributed by atoms with Crippen LogP contribution in [0.5, 0.6) is 0 Å². The van der Waals surface area contributed by atoms with Crippen molar-refractivity contribution < 1.29 is 19.4 Å². The Hall–Kier alpha value is -1.43. The van der Waals surface area contributed by atoms with E-state index in [1.807, 2.05) is 49.1 Å². The van der Waals surface area contributed by atoms with Crippen molar-refractivity contribution in [2.45, 2.75) is 59.0 Å². The highest BCUT2D eigenvalue weighted by Gasteiger charge is 2.60. The molecule has 0 radical (unpaired) electrons. The van der Waals surface area contributed by atoms with Gasteiger partial charge in [0.05, 0.1) is 19.8 Å². The van der Waals surface area contributed by atoms with E-state index in [0.29, 0.717) is 6.54 Å². The molecule has 1 heterocycles. The summed E-state index contributed by atoms with van der Waals surface area (Å²) in [6, 6.07) is 9.93. The molecule has 0 saturated carbocycles. The standard InChI is InChI=1S/C20H31NO4/c1-14(2)16(22)20(18(23)24-6)13-25-17(19(3,4)5)21(20)12-15-10-8-7-9-11-15/h7-11,14,16-17,22H,12-13H2,1-6H3/t16-,17+,20-/m0/s1. The molecule has 1 aliphatic rings. The fourth-order valence-electron chi connectivity index (χ4n) is 3.59. The Bertz CT molecular complexity index is 581. The van der Waals surface area contributed by atoms with E-state index in [0.717, 1.165) is 5.56 Å². The van der Waals surface area contributed by atoms with Crippen LogP contribution in [0, 0.1) is 11.3 Å². The van der Waals surface area contributed by atoms with E-state index >= 15 is 0 Å². The minimum Gasteiger partial charge on any atom is -0.467 e. The largest absolute Gasteiger partial charge is 0.467 e. The number of hydrogen-bond acceptors (Lipinski definition) is 5. The fraction of sp³-hybridized carbons (Fsp3) is 0.650. The van der Waals surface area contributed by atoms with Crippen molar-refractivity contribution in [3.63, 3.8) is 0 Å². The lowest BCUT2D eigenvalue weighted by Crippen LogP contribution is -2.64. The molecule has 1 aromatic carbocycles. The molecule has 3 atom stereocenters. The third-order valence-electron chi connectivity index (χ3n) is 4.85. The van der Waals surface area contributed by atoms with Crippen LogP contribution in [0.3, 0.4) is 0 Å². The number of hydrogen-bond donors (Lipinski definition) is 1. The first kappa shape index (κ1) is 19.9. The highest BCUT2D eigenvalue weighted by atomic mass is 16.6. The molecule has 140 valence electrons. The van der Waals surface area contributed by atoms with Crippen LogP contribution in [0.15, 0.2) is 30.3 Å². The van der Waals surface area contributed by atoms with Crippen LogP contribution in [0.4, 0.5) is 0 Å². The molecule has 1 aliphatic heterocycles. The third-order valence-corrected chi connectivity index (χ3v) is 4.85. The smallest absolute Gasteiger partial charge is 0.331 e. The zero-order chi connectivity index (χ0) is 18.8. The number of carbonyl (C=O) groups is 1.